The first kappa shape index (κ1) is 25.2. The second-order valence-corrected chi connectivity index (χ2v) is 16.1. The number of nitrogens with zero attached hydrogens (tertiary/aromatic N) is 2. The third kappa shape index (κ3) is 4.57. The second kappa shape index (κ2) is 9.45. The number of aryl methyl sites for hydroxylation is 1. The quantitative estimate of drug-likeness (QED) is 0.367. The SMILES string of the molecule is COc1ccc(C2N(Nc3ccccc3)C(=O)C3CCc4ccccc4N32)cc1O[Si](C)(C)C(C)(C)C. The fourth-order valence-corrected chi connectivity index (χ4v) is 5.98. The Hall–Kier alpha value is -3.45. The first-order valence-electron chi connectivity index (χ1n) is 13.0. The van der Waals surface area contributed by atoms with Crippen LogP contribution in [0, 0.1) is 0 Å². The standard InChI is InChI=1S/C30H37N3O3Si/c1-30(2,3)37(5,6)36-27-20-22(17-19-26(27)35-4)28-32-24-15-11-10-12-21(24)16-18-25(32)29(34)33(28)31-23-13-8-7-9-14-23/h7-15,17,19-20,25,28,31H,16,18H2,1-6H3. The Morgan fingerprint density at radius 3 is 2.35 bits per heavy atom. The van der Waals surface area contributed by atoms with Gasteiger partial charge in [0.1, 0.15) is 11.8 Å². The van der Waals surface area contributed by atoms with E-state index in [9.17, 15) is 4.79 Å². The minimum atomic E-state index is -2.13. The third-order valence-electron chi connectivity index (χ3n) is 8.00. The van der Waals surface area contributed by atoms with E-state index >= 15 is 0 Å². The van der Waals surface area contributed by atoms with Gasteiger partial charge in [-0.2, -0.15) is 0 Å². The number of anilines is 2. The van der Waals surface area contributed by atoms with Gasteiger partial charge in [0, 0.05) is 11.3 Å². The molecule has 0 aromatic heterocycles. The van der Waals surface area contributed by atoms with E-state index in [0.717, 1.165) is 35.5 Å². The highest BCUT2D eigenvalue weighted by molar-refractivity contribution is 6.74. The molecule has 5 rings (SSSR count). The van der Waals surface area contributed by atoms with Gasteiger partial charge in [0.2, 0.25) is 0 Å². The van der Waals surface area contributed by atoms with Crippen LogP contribution in [0.2, 0.25) is 18.1 Å². The van der Waals surface area contributed by atoms with Gasteiger partial charge in [-0.1, -0.05) is 63.2 Å². The number of carbonyl (C=O) groups excluding carboxylic acids is 1. The first-order chi connectivity index (χ1) is 17.6. The molecule has 0 bridgehead atoms. The summed E-state index contributed by atoms with van der Waals surface area (Å²) in [5.74, 6) is 1.51. The van der Waals surface area contributed by atoms with Gasteiger partial charge < -0.3 is 14.1 Å². The normalized spacial score (nSPS) is 19.4. The number of benzene rings is 3. The molecule has 1 amide bonds. The summed E-state index contributed by atoms with van der Waals surface area (Å²) in [5, 5.41) is 1.83. The molecule has 2 aliphatic heterocycles. The zero-order chi connectivity index (χ0) is 26.4. The molecule has 2 heterocycles. The molecule has 1 fully saturated rings. The highest BCUT2D eigenvalue weighted by Gasteiger charge is 2.49. The molecule has 2 atom stereocenters. The Balaban J connectivity index is 1.62. The number of methoxy groups -OCH3 is 1. The van der Waals surface area contributed by atoms with Gasteiger partial charge in [0.15, 0.2) is 11.9 Å². The van der Waals surface area contributed by atoms with Crippen LogP contribution in [0.25, 0.3) is 0 Å². The van der Waals surface area contributed by atoms with Crippen molar-refractivity contribution in [2.24, 2.45) is 0 Å². The number of nitrogens with one attached hydrogen (secondary N) is 1. The number of hydrogen-bond donors (Lipinski definition) is 1. The van der Waals surface area contributed by atoms with Crippen molar-refractivity contribution in [1.29, 1.82) is 0 Å². The highest BCUT2D eigenvalue weighted by Crippen LogP contribution is 2.47. The van der Waals surface area contributed by atoms with Gasteiger partial charge in [-0.3, -0.25) is 10.2 Å². The van der Waals surface area contributed by atoms with E-state index in [2.05, 4.69) is 80.6 Å². The lowest BCUT2D eigenvalue weighted by Crippen LogP contribution is -2.44. The summed E-state index contributed by atoms with van der Waals surface area (Å²) in [4.78, 5) is 16.2. The van der Waals surface area contributed by atoms with Crippen molar-refractivity contribution in [2.45, 2.75) is 64.0 Å². The number of carbonyl (C=O) groups is 1. The molecule has 0 radical (unpaired) electrons. The minimum absolute atomic E-state index is 0.0369. The molecular weight excluding hydrogens is 478 g/mol. The number of hydrazine groups is 1. The lowest BCUT2D eigenvalue weighted by atomic mass is 9.95. The lowest BCUT2D eigenvalue weighted by Gasteiger charge is -2.38. The monoisotopic (exact) mass is 515 g/mol. The highest BCUT2D eigenvalue weighted by atomic mass is 28.4. The van der Waals surface area contributed by atoms with Crippen LogP contribution in [0.1, 0.15) is 44.5 Å². The van der Waals surface area contributed by atoms with Crippen LogP contribution < -0.4 is 19.5 Å². The summed E-state index contributed by atoms with van der Waals surface area (Å²) >= 11 is 0. The van der Waals surface area contributed by atoms with Crippen LogP contribution in [0.4, 0.5) is 11.4 Å². The predicted octanol–water partition coefficient (Wildman–Crippen LogP) is 6.77. The van der Waals surface area contributed by atoms with E-state index in [0.29, 0.717) is 5.75 Å². The minimum Gasteiger partial charge on any atom is -0.541 e. The number of para-hydroxylation sites is 2. The number of rotatable bonds is 6. The Bertz CT molecular complexity index is 1290. The van der Waals surface area contributed by atoms with Crippen LogP contribution in [-0.4, -0.2) is 32.4 Å². The number of amides is 1. The Labute approximate surface area is 221 Å². The van der Waals surface area contributed by atoms with Crippen molar-refractivity contribution in [3.05, 3.63) is 83.9 Å². The molecule has 6 nitrogen and oxygen atoms in total. The molecule has 3 aromatic carbocycles. The molecule has 194 valence electrons. The van der Waals surface area contributed by atoms with Crippen LogP contribution in [-0.2, 0) is 11.2 Å². The lowest BCUT2D eigenvalue weighted by molar-refractivity contribution is -0.128. The van der Waals surface area contributed by atoms with Crippen LogP contribution >= 0.6 is 0 Å². The number of fused-ring (bicyclic) bond motifs is 3. The second-order valence-electron chi connectivity index (χ2n) is 11.4. The van der Waals surface area contributed by atoms with Crippen molar-refractivity contribution >= 4 is 25.6 Å². The maximum Gasteiger partial charge on any atom is 0.265 e. The van der Waals surface area contributed by atoms with E-state index in [1.54, 1.807) is 12.1 Å². The average molecular weight is 516 g/mol. The Morgan fingerprint density at radius 2 is 1.65 bits per heavy atom. The summed E-state index contributed by atoms with van der Waals surface area (Å²) in [7, 11) is -0.456. The maximum atomic E-state index is 13.9. The molecule has 3 aromatic rings. The van der Waals surface area contributed by atoms with Crippen molar-refractivity contribution in [3.63, 3.8) is 0 Å². The zero-order valence-corrected chi connectivity index (χ0v) is 23.6. The molecule has 7 heteroatoms. The van der Waals surface area contributed by atoms with Crippen molar-refractivity contribution in [3.8, 4) is 11.5 Å². The largest absolute Gasteiger partial charge is 0.541 e. The zero-order valence-electron chi connectivity index (χ0n) is 22.6. The summed E-state index contributed by atoms with van der Waals surface area (Å²) < 4.78 is 12.5. The van der Waals surface area contributed by atoms with Crippen molar-refractivity contribution in [2.75, 3.05) is 17.4 Å². The molecule has 0 saturated carbocycles. The topological polar surface area (TPSA) is 54.0 Å². The van der Waals surface area contributed by atoms with Crippen LogP contribution in [0.15, 0.2) is 72.8 Å². The molecular formula is C30H37N3O3Si. The smallest absolute Gasteiger partial charge is 0.265 e. The molecule has 37 heavy (non-hydrogen) atoms. The van der Waals surface area contributed by atoms with Gasteiger partial charge in [0.05, 0.1) is 12.8 Å². The third-order valence-corrected chi connectivity index (χ3v) is 12.3. The van der Waals surface area contributed by atoms with Gasteiger partial charge in [-0.05, 0) is 66.9 Å². The van der Waals surface area contributed by atoms with Gasteiger partial charge in [-0.15, -0.1) is 0 Å². The molecule has 0 spiro atoms. The molecule has 1 saturated heterocycles. The summed E-state index contributed by atoms with van der Waals surface area (Å²) in [6.45, 7) is 11.2. The molecule has 0 aliphatic carbocycles. The Kier molecular flexibility index (Phi) is 6.44. The van der Waals surface area contributed by atoms with E-state index in [-0.39, 0.29) is 23.2 Å². The van der Waals surface area contributed by atoms with Gasteiger partial charge >= 0.3 is 0 Å². The molecule has 1 N–H and O–H groups in total. The van der Waals surface area contributed by atoms with Gasteiger partial charge in [0.25, 0.3) is 14.2 Å². The van der Waals surface area contributed by atoms with E-state index in [1.807, 2.05) is 36.4 Å². The van der Waals surface area contributed by atoms with E-state index in [4.69, 9.17) is 9.16 Å². The van der Waals surface area contributed by atoms with E-state index in [1.165, 1.54) is 5.56 Å². The summed E-state index contributed by atoms with van der Waals surface area (Å²) in [6.07, 6.45) is 1.33. The average Bonchev–Trinajstić information content (AvgIpc) is 3.15. The summed E-state index contributed by atoms with van der Waals surface area (Å²) in [5.41, 5.74) is 7.65. The fraction of sp³-hybridized carbons (Fsp3) is 0.367. The number of hydrogen-bond acceptors (Lipinski definition) is 5. The van der Waals surface area contributed by atoms with Crippen molar-refractivity contribution < 1.29 is 14.0 Å². The number of ether oxygens (including phenoxy) is 1. The van der Waals surface area contributed by atoms with E-state index < -0.39 is 8.32 Å². The van der Waals surface area contributed by atoms with Crippen LogP contribution in [0.3, 0.4) is 0 Å². The predicted molar refractivity (Wildman–Crippen MR) is 152 cm³/mol. The van der Waals surface area contributed by atoms with Gasteiger partial charge in [-0.25, -0.2) is 5.01 Å². The molecule has 2 unspecified atom stereocenters. The fourth-order valence-electron chi connectivity index (χ4n) is 4.96. The van der Waals surface area contributed by atoms with Crippen LogP contribution in [0.5, 0.6) is 11.5 Å². The molecule has 2 aliphatic rings. The maximum absolute atomic E-state index is 13.9. The summed E-state index contributed by atoms with van der Waals surface area (Å²) in [6, 6.07) is 24.1. The van der Waals surface area contributed by atoms with Crippen molar-refractivity contribution in [1.82, 2.24) is 5.01 Å². The first-order valence-corrected chi connectivity index (χ1v) is 15.9. The Morgan fingerprint density at radius 1 is 0.946 bits per heavy atom.